The molecular formula is C12H16Cl2N2. The maximum atomic E-state index is 4.21. The van der Waals surface area contributed by atoms with Crippen molar-refractivity contribution >= 4 is 24.8 Å². The van der Waals surface area contributed by atoms with Gasteiger partial charge in [-0.3, -0.25) is 4.98 Å². The molecule has 1 aromatic rings. The zero-order chi connectivity index (χ0) is 9.43. The van der Waals surface area contributed by atoms with Gasteiger partial charge in [-0.15, -0.1) is 24.8 Å². The molecule has 1 fully saturated rings. The number of piperidine rings is 1. The van der Waals surface area contributed by atoms with Gasteiger partial charge in [-0.05, 0) is 24.0 Å². The summed E-state index contributed by atoms with van der Waals surface area (Å²) < 4.78 is 0. The van der Waals surface area contributed by atoms with E-state index in [9.17, 15) is 0 Å². The average Bonchev–Trinajstić information content (AvgIpc) is 2.57. The Morgan fingerprint density at radius 1 is 1.38 bits per heavy atom. The van der Waals surface area contributed by atoms with E-state index in [0.717, 1.165) is 19.0 Å². The molecule has 3 rings (SSSR count). The number of hydrogen-bond acceptors (Lipinski definition) is 2. The molecule has 0 radical (unpaired) electrons. The van der Waals surface area contributed by atoms with Crippen LogP contribution in [0.3, 0.4) is 0 Å². The average molecular weight is 259 g/mol. The number of hydrogen-bond donors (Lipinski definition) is 1. The SMILES string of the molecule is C1=CC2(c3cccnc3)CNCC1C2.Cl.Cl. The summed E-state index contributed by atoms with van der Waals surface area (Å²) in [5, 5.41) is 3.50. The minimum absolute atomic E-state index is 0. The Kier molecular flexibility index (Phi) is 4.36. The van der Waals surface area contributed by atoms with E-state index in [2.05, 4.69) is 28.5 Å². The van der Waals surface area contributed by atoms with E-state index >= 15 is 0 Å². The number of rotatable bonds is 1. The third kappa shape index (κ3) is 2.10. The largest absolute Gasteiger partial charge is 0.315 e. The van der Waals surface area contributed by atoms with Crippen molar-refractivity contribution in [3.63, 3.8) is 0 Å². The topological polar surface area (TPSA) is 24.9 Å². The number of halogens is 2. The molecule has 0 saturated carbocycles. The molecule has 0 aromatic carbocycles. The molecule has 0 spiro atoms. The fourth-order valence-corrected chi connectivity index (χ4v) is 2.65. The van der Waals surface area contributed by atoms with Crippen molar-refractivity contribution in [3.05, 3.63) is 42.2 Å². The van der Waals surface area contributed by atoms with E-state index in [4.69, 9.17) is 0 Å². The summed E-state index contributed by atoms with van der Waals surface area (Å²) in [4.78, 5) is 4.21. The predicted molar refractivity (Wildman–Crippen MR) is 70.5 cm³/mol. The molecule has 2 bridgehead atoms. The Balaban J connectivity index is 0.000000640. The summed E-state index contributed by atoms with van der Waals surface area (Å²) in [5.74, 6) is 0.726. The number of aromatic nitrogens is 1. The first-order valence-corrected chi connectivity index (χ1v) is 5.20. The van der Waals surface area contributed by atoms with Gasteiger partial charge in [0.05, 0.1) is 0 Å². The molecule has 16 heavy (non-hydrogen) atoms. The summed E-state index contributed by atoms with van der Waals surface area (Å²) in [5.41, 5.74) is 1.59. The maximum absolute atomic E-state index is 4.21. The maximum Gasteiger partial charge on any atom is 0.0309 e. The highest BCUT2D eigenvalue weighted by molar-refractivity contribution is 5.85. The summed E-state index contributed by atoms with van der Waals surface area (Å²) in [6.45, 7) is 2.20. The first kappa shape index (κ1) is 13.5. The lowest BCUT2D eigenvalue weighted by Gasteiger charge is -2.33. The molecular weight excluding hydrogens is 243 g/mol. The van der Waals surface area contributed by atoms with E-state index in [1.54, 1.807) is 0 Å². The van der Waals surface area contributed by atoms with Gasteiger partial charge in [-0.2, -0.15) is 0 Å². The molecule has 1 aliphatic heterocycles. The first-order valence-electron chi connectivity index (χ1n) is 5.20. The fraction of sp³-hybridized carbons (Fsp3) is 0.417. The van der Waals surface area contributed by atoms with Crippen molar-refractivity contribution < 1.29 is 0 Å². The second-order valence-corrected chi connectivity index (χ2v) is 4.35. The molecule has 1 aliphatic carbocycles. The first-order chi connectivity index (χ1) is 6.89. The summed E-state index contributed by atoms with van der Waals surface area (Å²) in [6.07, 6.45) is 9.82. The summed E-state index contributed by atoms with van der Waals surface area (Å²) in [6, 6.07) is 4.21. The van der Waals surface area contributed by atoms with Crippen molar-refractivity contribution in [2.45, 2.75) is 11.8 Å². The predicted octanol–water partition coefficient (Wildman–Crippen LogP) is 2.34. The molecule has 0 amide bonds. The van der Waals surface area contributed by atoms with E-state index in [1.807, 2.05) is 18.5 Å². The quantitative estimate of drug-likeness (QED) is 0.783. The minimum atomic E-state index is 0. The molecule has 1 aromatic heterocycles. The second kappa shape index (κ2) is 5.17. The lowest BCUT2D eigenvalue weighted by molar-refractivity contribution is 0.352. The lowest BCUT2D eigenvalue weighted by atomic mass is 9.77. The highest BCUT2D eigenvalue weighted by Crippen LogP contribution is 2.40. The third-order valence-corrected chi connectivity index (χ3v) is 3.40. The van der Waals surface area contributed by atoms with E-state index in [-0.39, 0.29) is 30.2 Å². The van der Waals surface area contributed by atoms with Gasteiger partial charge in [0.2, 0.25) is 0 Å². The van der Waals surface area contributed by atoms with Crippen LogP contribution in [-0.2, 0) is 5.41 Å². The van der Waals surface area contributed by atoms with E-state index < -0.39 is 0 Å². The Labute approximate surface area is 108 Å². The molecule has 2 nitrogen and oxygen atoms in total. The van der Waals surface area contributed by atoms with Crippen LogP contribution in [0, 0.1) is 5.92 Å². The van der Waals surface area contributed by atoms with Crippen LogP contribution in [0.5, 0.6) is 0 Å². The van der Waals surface area contributed by atoms with Crippen LogP contribution in [0.25, 0.3) is 0 Å². The van der Waals surface area contributed by atoms with Crippen molar-refractivity contribution in [1.82, 2.24) is 10.3 Å². The number of nitrogens with zero attached hydrogens (tertiary/aromatic N) is 1. The van der Waals surface area contributed by atoms with Gasteiger partial charge in [0, 0.05) is 30.9 Å². The molecule has 4 heteroatoms. The van der Waals surface area contributed by atoms with Gasteiger partial charge in [-0.1, -0.05) is 18.2 Å². The Bertz CT molecular complexity index is 367. The van der Waals surface area contributed by atoms with Gasteiger partial charge in [0.15, 0.2) is 0 Å². The van der Waals surface area contributed by atoms with Crippen LogP contribution in [0.2, 0.25) is 0 Å². The highest BCUT2D eigenvalue weighted by atomic mass is 35.5. The molecule has 88 valence electrons. The standard InChI is InChI=1S/C12H14N2.2ClH/c1-2-11(8-13-5-1)12-4-3-10(6-12)7-14-9-12;;/h1-5,8,10,14H,6-7,9H2;2*1H. The monoisotopic (exact) mass is 258 g/mol. The van der Waals surface area contributed by atoms with E-state index in [1.165, 1.54) is 12.0 Å². The van der Waals surface area contributed by atoms with Crippen LogP contribution >= 0.6 is 24.8 Å². The number of nitrogens with one attached hydrogen (secondary N) is 1. The van der Waals surface area contributed by atoms with E-state index in [0.29, 0.717) is 0 Å². The Morgan fingerprint density at radius 3 is 3.00 bits per heavy atom. The second-order valence-electron chi connectivity index (χ2n) is 4.35. The van der Waals surface area contributed by atoms with Gasteiger partial charge in [0.25, 0.3) is 0 Å². The lowest BCUT2D eigenvalue weighted by Crippen LogP contribution is -2.42. The van der Waals surface area contributed by atoms with Gasteiger partial charge >= 0.3 is 0 Å². The van der Waals surface area contributed by atoms with Crippen LogP contribution in [0.4, 0.5) is 0 Å². The van der Waals surface area contributed by atoms with Gasteiger partial charge in [0.1, 0.15) is 0 Å². The van der Waals surface area contributed by atoms with Crippen LogP contribution < -0.4 is 5.32 Å². The molecule has 2 heterocycles. The fourth-order valence-electron chi connectivity index (χ4n) is 2.65. The van der Waals surface area contributed by atoms with Crippen molar-refractivity contribution in [3.8, 4) is 0 Å². The summed E-state index contributed by atoms with van der Waals surface area (Å²) >= 11 is 0. The zero-order valence-electron chi connectivity index (χ0n) is 8.93. The van der Waals surface area contributed by atoms with Crippen molar-refractivity contribution in [2.75, 3.05) is 13.1 Å². The van der Waals surface area contributed by atoms with Crippen LogP contribution in [-0.4, -0.2) is 18.1 Å². The normalized spacial score (nSPS) is 30.4. The number of fused-ring (bicyclic) bond motifs is 2. The number of pyridine rings is 1. The highest BCUT2D eigenvalue weighted by Gasteiger charge is 2.39. The Morgan fingerprint density at radius 2 is 2.25 bits per heavy atom. The van der Waals surface area contributed by atoms with Crippen molar-refractivity contribution in [2.24, 2.45) is 5.92 Å². The smallest absolute Gasteiger partial charge is 0.0309 e. The Hall–Kier alpha value is -0.570. The molecule has 2 atom stereocenters. The van der Waals surface area contributed by atoms with Crippen molar-refractivity contribution in [1.29, 1.82) is 0 Å². The van der Waals surface area contributed by atoms with Crippen LogP contribution in [0.1, 0.15) is 12.0 Å². The third-order valence-electron chi connectivity index (χ3n) is 3.40. The molecule has 1 N–H and O–H groups in total. The molecule has 1 saturated heterocycles. The molecule has 2 unspecified atom stereocenters. The zero-order valence-corrected chi connectivity index (χ0v) is 10.6. The minimum Gasteiger partial charge on any atom is -0.315 e. The van der Waals surface area contributed by atoms with Gasteiger partial charge in [-0.25, -0.2) is 0 Å². The summed E-state index contributed by atoms with van der Waals surface area (Å²) in [7, 11) is 0. The van der Waals surface area contributed by atoms with Gasteiger partial charge < -0.3 is 5.32 Å². The van der Waals surface area contributed by atoms with Crippen LogP contribution in [0.15, 0.2) is 36.7 Å². The molecule has 2 aliphatic rings.